The monoisotopic (exact) mass is 184 g/mol. The first-order chi connectivity index (χ1) is 6.22. The van der Waals surface area contributed by atoms with E-state index in [0.29, 0.717) is 13.0 Å². The van der Waals surface area contributed by atoms with E-state index >= 15 is 0 Å². The first-order valence-corrected chi connectivity index (χ1v) is 4.59. The zero-order valence-electron chi connectivity index (χ0n) is 7.66. The van der Waals surface area contributed by atoms with Crippen LogP contribution in [0.3, 0.4) is 0 Å². The highest BCUT2D eigenvalue weighted by Crippen LogP contribution is 2.47. The lowest BCUT2D eigenvalue weighted by molar-refractivity contribution is 0.0933. The van der Waals surface area contributed by atoms with Crippen LogP contribution in [-0.4, -0.2) is 36.0 Å². The number of rotatable bonds is 6. The van der Waals surface area contributed by atoms with Gasteiger partial charge in [-0.2, -0.15) is 5.26 Å². The van der Waals surface area contributed by atoms with Gasteiger partial charge in [-0.15, -0.1) is 0 Å². The first kappa shape index (κ1) is 10.5. The molecule has 0 aromatic carbocycles. The first-order valence-electron chi connectivity index (χ1n) is 4.59. The molecule has 0 aromatic heterocycles. The van der Waals surface area contributed by atoms with E-state index in [-0.39, 0.29) is 12.0 Å². The van der Waals surface area contributed by atoms with Gasteiger partial charge in [0.25, 0.3) is 0 Å². The number of aliphatic hydroxyl groups is 2. The summed E-state index contributed by atoms with van der Waals surface area (Å²) in [5, 5.41) is 29.2. The number of hydrogen-bond donors (Lipinski definition) is 3. The number of aliphatic hydroxyl groups excluding tert-OH is 2. The topological polar surface area (TPSA) is 76.3 Å². The second-order valence-corrected chi connectivity index (χ2v) is 3.80. The highest BCUT2D eigenvalue weighted by molar-refractivity contribution is 5.00. The molecule has 1 aliphatic carbocycles. The van der Waals surface area contributed by atoms with Gasteiger partial charge in [-0.3, -0.25) is 0 Å². The van der Waals surface area contributed by atoms with Crippen LogP contribution in [0.4, 0.5) is 0 Å². The molecule has 0 radical (unpaired) electrons. The largest absolute Gasteiger partial charge is 0.394 e. The van der Waals surface area contributed by atoms with Gasteiger partial charge < -0.3 is 15.5 Å². The predicted molar refractivity (Wildman–Crippen MR) is 47.9 cm³/mol. The number of nitrogens with zero attached hydrogens (tertiary/aromatic N) is 1. The van der Waals surface area contributed by atoms with Crippen LogP contribution in [0.25, 0.3) is 0 Å². The molecule has 1 atom stereocenters. The van der Waals surface area contributed by atoms with E-state index in [1.54, 1.807) is 0 Å². The molecule has 74 valence electrons. The molecule has 4 heteroatoms. The molecule has 0 spiro atoms. The molecule has 0 bridgehead atoms. The maximum atomic E-state index is 9.03. The molecule has 3 N–H and O–H groups in total. The molecule has 4 nitrogen and oxygen atoms in total. The lowest BCUT2D eigenvalue weighted by Crippen LogP contribution is -2.33. The van der Waals surface area contributed by atoms with Crippen molar-refractivity contribution in [2.75, 3.05) is 19.7 Å². The van der Waals surface area contributed by atoms with Crippen LogP contribution < -0.4 is 5.32 Å². The van der Waals surface area contributed by atoms with E-state index in [2.05, 4.69) is 11.4 Å². The third-order valence-electron chi connectivity index (χ3n) is 2.50. The van der Waals surface area contributed by atoms with E-state index in [9.17, 15) is 0 Å². The van der Waals surface area contributed by atoms with Crippen molar-refractivity contribution in [2.24, 2.45) is 5.41 Å². The molecule has 1 fully saturated rings. The average Bonchev–Trinajstić information content (AvgIpc) is 2.86. The molecule has 1 rings (SSSR count). The van der Waals surface area contributed by atoms with Crippen molar-refractivity contribution in [3.8, 4) is 6.07 Å². The van der Waals surface area contributed by atoms with Crippen molar-refractivity contribution in [3.05, 3.63) is 0 Å². The summed E-state index contributed by atoms with van der Waals surface area (Å²) in [7, 11) is 0. The van der Waals surface area contributed by atoms with E-state index < -0.39 is 6.10 Å². The Morgan fingerprint density at radius 1 is 1.54 bits per heavy atom. The second-order valence-electron chi connectivity index (χ2n) is 3.80. The predicted octanol–water partition coefficient (Wildman–Crippen LogP) is -0.377. The molecule has 0 aromatic rings. The van der Waals surface area contributed by atoms with Crippen LogP contribution in [0.15, 0.2) is 0 Å². The molecule has 0 heterocycles. The Morgan fingerprint density at radius 3 is 2.69 bits per heavy atom. The fourth-order valence-electron chi connectivity index (χ4n) is 1.33. The van der Waals surface area contributed by atoms with Crippen molar-refractivity contribution >= 4 is 0 Å². The SMILES string of the molecule is N#CCC1(CNCC(O)CO)CC1. The van der Waals surface area contributed by atoms with Gasteiger partial charge in [-0.1, -0.05) is 0 Å². The quantitative estimate of drug-likeness (QED) is 0.526. The summed E-state index contributed by atoms with van der Waals surface area (Å²) in [6.07, 6.45) is 2.11. The molecule has 13 heavy (non-hydrogen) atoms. The second kappa shape index (κ2) is 4.56. The fraction of sp³-hybridized carbons (Fsp3) is 0.889. The Kier molecular flexibility index (Phi) is 3.67. The summed E-state index contributed by atoms with van der Waals surface area (Å²) in [5.41, 5.74) is 0.171. The zero-order chi connectivity index (χ0) is 9.73. The molecule has 1 aliphatic rings. The van der Waals surface area contributed by atoms with Gasteiger partial charge in [0.05, 0.1) is 18.8 Å². The van der Waals surface area contributed by atoms with Crippen molar-refractivity contribution in [3.63, 3.8) is 0 Å². The highest BCUT2D eigenvalue weighted by atomic mass is 16.3. The lowest BCUT2D eigenvalue weighted by Gasteiger charge is -2.13. The van der Waals surface area contributed by atoms with Crippen LogP contribution in [0.2, 0.25) is 0 Å². The van der Waals surface area contributed by atoms with Crippen LogP contribution in [0.1, 0.15) is 19.3 Å². The Bertz CT molecular complexity index is 196. The van der Waals surface area contributed by atoms with Crippen molar-refractivity contribution < 1.29 is 10.2 Å². The van der Waals surface area contributed by atoms with Gasteiger partial charge in [-0.25, -0.2) is 0 Å². The van der Waals surface area contributed by atoms with Crippen LogP contribution in [-0.2, 0) is 0 Å². The average molecular weight is 184 g/mol. The summed E-state index contributed by atoms with van der Waals surface area (Å²) < 4.78 is 0. The van der Waals surface area contributed by atoms with Gasteiger partial charge >= 0.3 is 0 Å². The molecule has 1 saturated carbocycles. The molecular formula is C9H16N2O2. The third kappa shape index (κ3) is 3.31. The summed E-state index contributed by atoms with van der Waals surface area (Å²) in [4.78, 5) is 0. The minimum atomic E-state index is -0.683. The fourth-order valence-corrected chi connectivity index (χ4v) is 1.33. The van der Waals surface area contributed by atoms with E-state index in [1.807, 2.05) is 0 Å². The van der Waals surface area contributed by atoms with E-state index in [0.717, 1.165) is 19.4 Å². The lowest BCUT2D eigenvalue weighted by atomic mass is 10.0. The molecular weight excluding hydrogens is 168 g/mol. The Labute approximate surface area is 78.2 Å². The minimum Gasteiger partial charge on any atom is -0.394 e. The maximum absolute atomic E-state index is 9.03. The minimum absolute atomic E-state index is 0.171. The molecule has 0 saturated heterocycles. The smallest absolute Gasteiger partial charge is 0.0894 e. The van der Waals surface area contributed by atoms with E-state index in [1.165, 1.54) is 0 Å². The number of nitrogens with one attached hydrogen (secondary N) is 1. The summed E-state index contributed by atoms with van der Waals surface area (Å²) >= 11 is 0. The van der Waals surface area contributed by atoms with Gasteiger partial charge in [0.2, 0.25) is 0 Å². The van der Waals surface area contributed by atoms with Crippen LogP contribution in [0.5, 0.6) is 0 Å². The standard InChI is InChI=1S/C9H16N2O2/c10-4-3-9(1-2-9)7-11-5-8(13)6-12/h8,11-13H,1-3,5-7H2. The van der Waals surface area contributed by atoms with Gasteiger partial charge in [0.1, 0.15) is 0 Å². The zero-order valence-corrected chi connectivity index (χ0v) is 7.66. The third-order valence-corrected chi connectivity index (χ3v) is 2.50. The molecule has 0 aliphatic heterocycles. The summed E-state index contributed by atoms with van der Waals surface area (Å²) in [6, 6.07) is 2.17. The normalized spacial score (nSPS) is 20.7. The van der Waals surface area contributed by atoms with Crippen LogP contribution in [0, 0.1) is 16.7 Å². The van der Waals surface area contributed by atoms with Crippen molar-refractivity contribution in [1.29, 1.82) is 5.26 Å². The van der Waals surface area contributed by atoms with Gasteiger partial charge in [0.15, 0.2) is 0 Å². The van der Waals surface area contributed by atoms with Gasteiger partial charge in [0, 0.05) is 19.5 Å². The van der Waals surface area contributed by atoms with Crippen molar-refractivity contribution in [1.82, 2.24) is 5.32 Å². The number of nitriles is 1. The number of hydrogen-bond acceptors (Lipinski definition) is 4. The summed E-state index contributed by atoms with van der Waals surface area (Å²) in [5.74, 6) is 0. The molecule has 0 amide bonds. The van der Waals surface area contributed by atoms with E-state index in [4.69, 9.17) is 15.5 Å². The maximum Gasteiger partial charge on any atom is 0.0894 e. The van der Waals surface area contributed by atoms with Crippen molar-refractivity contribution in [2.45, 2.75) is 25.4 Å². The summed E-state index contributed by atoms with van der Waals surface area (Å²) in [6.45, 7) is 0.972. The molecule has 1 unspecified atom stereocenters. The van der Waals surface area contributed by atoms with Gasteiger partial charge in [-0.05, 0) is 18.3 Å². The Morgan fingerprint density at radius 2 is 2.23 bits per heavy atom. The Balaban J connectivity index is 2.09. The Hall–Kier alpha value is -0.630. The highest BCUT2D eigenvalue weighted by Gasteiger charge is 2.41. The van der Waals surface area contributed by atoms with Crippen LogP contribution >= 0.6 is 0 Å².